The number of amides is 1. The second-order valence-corrected chi connectivity index (χ2v) is 5.13. The molecule has 2 N–H and O–H groups in total. The molecule has 0 aliphatic rings. The van der Waals surface area contributed by atoms with Crippen molar-refractivity contribution in [3.63, 3.8) is 0 Å². The molecule has 0 heterocycles. The van der Waals surface area contributed by atoms with E-state index in [2.05, 4.69) is 15.4 Å². The van der Waals surface area contributed by atoms with Gasteiger partial charge in [-0.2, -0.15) is 0 Å². The van der Waals surface area contributed by atoms with Crippen LogP contribution in [0.25, 0.3) is 0 Å². The number of hydrogen-bond donors (Lipinski definition) is 2. The number of rotatable bonds is 4. The maximum absolute atomic E-state index is 11.1. The van der Waals surface area contributed by atoms with Gasteiger partial charge in [0.1, 0.15) is 0 Å². The molecule has 0 atom stereocenters. The topological polar surface area (TPSA) is 50.4 Å². The van der Waals surface area contributed by atoms with Crippen LogP contribution in [0.4, 0.5) is 16.2 Å². The van der Waals surface area contributed by atoms with Crippen LogP contribution < -0.4 is 10.6 Å². The lowest BCUT2D eigenvalue weighted by atomic mass is 10.2. The summed E-state index contributed by atoms with van der Waals surface area (Å²) >= 11 is 12.0. The first-order valence-electron chi connectivity index (χ1n) is 6.21. The van der Waals surface area contributed by atoms with Crippen molar-refractivity contribution in [2.45, 2.75) is 6.54 Å². The van der Waals surface area contributed by atoms with Crippen molar-refractivity contribution in [1.82, 2.24) is 0 Å². The molecule has 0 saturated heterocycles. The number of carbonyl (C=O) groups excluding carboxylic acids is 1. The number of hydrogen-bond acceptors (Lipinski definition) is 3. The zero-order valence-electron chi connectivity index (χ0n) is 11.3. The van der Waals surface area contributed by atoms with Crippen LogP contribution in [-0.2, 0) is 11.3 Å². The summed E-state index contributed by atoms with van der Waals surface area (Å²) in [6.45, 7) is 0.583. The Kier molecular flexibility index (Phi) is 5.31. The molecule has 0 bridgehead atoms. The lowest BCUT2D eigenvalue weighted by molar-refractivity contribution is 0.187. The quantitative estimate of drug-likeness (QED) is 0.850. The van der Waals surface area contributed by atoms with E-state index in [1.165, 1.54) is 7.11 Å². The zero-order chi connectivity index (χ0) is 15.2. The maximum Gasteiger partial charge on any atom is 0.411 e. The maximum atomic E-state index is 11.1. The van der Waals surface area contributed by atoms with Crippen LogP contribution in [0.3, 0.4) is 0 Å². The molecule has 0 unspecified atom stereocenters. The molecule has 0 spiro atoms. The number of benzene rings is 2. The summed E-state index contributed by atoms with van der Waals surface area (Å²) < 4.78 is 4.52. The third-order valence-corrected chi connectivity index (χ3v) is 3.40. The Labute approximate surface area is 133 Å². The smallest absolute Gasteiger partial charge is 0.411 e. The number of ether oxygens (including phenoxy) is 1. The number of nitrogens with one attached hydrogen (secondary N) is 2. The van der Waals surface area contributed by atoms with Gasteiger partial charge in [-0.3, -0.25) is 5.32 Å². The monoisotopic (exact) mass is 324 g/mol. The van der Waals surface area contributed by atoms with Gasteiger partial charge in [-0.05, 0) is 42.0 Å². The SMILES string of the molecule is COC(=O)Nc1ccc(NCc2ccc(Cl)cc2Cl)cc1. The van der Waals surface area contributed by atoms with Crippen LogP contribution in [-0.4, -0.2) is 13.2 Å². The van der Waals surface area contributed by atoms with Crippen molar-refractivity contribution in [3.8, 4) is 0 Å². The predicted octanol–water partition coefficient (Wildman–Crippen LogP) is 4.78. The summed E-state index contributed by atoms with van der Waals surface area (Å²) in [7, 11) is 1.32. The molecular weight excluding hydrogens is 311 g/mol. The molecule has 2 rings (SSSR count). The van der Waals surface area contributed by atoms with Gasteiger partial charge in [0.05, 0.1) is 7.11 Å². The highest BCUT2D eigenvalue weighted by Crippen LogP contribution is 2.22. The van der Waals surface area contributed by atoms with Crippen LogP contribution in [0.5, 0.6) is 0 Å². The average Bonchev–Trinajstić information content (AvgIpc) is 2.48. The molecule has 4 nitrogen and oxygen atoms in total. The van der Waals surface area contributed by atoms with Gasteiger partial charge in [-0.15, -0.1) is 0 Å². The minimum atomic E-state index is -0.497. The highest BCUT2D eigenvalue weighted by Gasteiger charge is 2.03. The molecule has 1 amide bonds. The second kappa shape index (κ2) is 7.20. The summed E-state index contributed by atoms with van der Waals surface area (Å²) in [6.07, 6.45) is -0.497. The van der Waals surface area contributed by atoms with E-state index in [-0.39, 0.29) is 0 Å². The highest BCUT2D eigenvalue weighted by molar-refractivity contribution is 6.35. The van der Waals surface area contributed by atoms with E-state index in [1.54, 1.807) is 24.3 Å². The van der Waals surface area contributed by atoms with Gasteiger partial charge >= 0.3 is 6.09 Å². The minimum Gasteiger partial charge on any atom is -0.453 e. The largest absolute Gasteiger partial charge is 0.453 e. The lowest BCUT2D eigenvalue weighted by Gasteiger charge is -2.09. The Balaban J connectivity index is 1.96. The van der Waals surface area contributed by atoms with Gasteiger partial charge in [-0.25, -0.2) is 4.79 Å². The summed E-state index contributed by atoms with van der Waals surface area (Å²) in [5.74, 6) is 0. The van der Waals surface area contributed by atoms with Crippen LogP contribution in [0.1, 0.15) is 5.56 Å². The fourth-order valence-corrected chi connectivity index (χ4v) is 2.18. The number of halogens is 2. The Morgan fingerprint density at radius 3 is 2.38 bits per heavy atom. The van der Waals surface area contributed by atoms with Crippen LogP contribution in [0.15, 0.2) is 42.5 Å². The summed E-state index contributed by atoms with van der Waals surface area (Å²) in [4.78, 5) is 11.1. The van der Waals surface area contributed by atoms with Crippen molar-refractivity contribution in [1.29, 1.82) is 0 Å². The van der Waals surface area contributed by atoms with E-state index in [1.807, 2.05) is 18.2 Å². The lowest BCUT2D eigenvalue weighted by Crippen LogP contribution is -2.10. The molecule has 0 aromatic heterocycles. The van der Waals surface area contributed by atoms with Gasteiger partial charge in [0, 0.05) is 28.0 Å². The number of anilines is 2. The van der Waals surface area contributed by atoms with E-state index >= 15 is 0 Å². The van der Waals surface area contributed by atoms with Crippen molar-refractivity contribution in [2.24, 2.45) is 0 Å². The molecule has 0 radical (unpaired) electrons. The Morgan fingerprint density at radius 1 is 1.10 bits per heavy atom. The van der Waals surface area contributed by atoms with Crippen molar-refractivity contribution < 1.29 is 9.53 Å². The van der Waals surface area contributed by atoms with Gasteiger partial charge in [0.25, 0.3) is 0 Å². The molecule has 0 saturated carbocycles. The predicted molar refractivity (Wildman–Crippen MR) is 86.3 cm³/mol. The zero-order valence-corrected chi connectivity index (χ0v) is 12.8. The fourth-order valence-electron chi connectivity index (χ4n) is 1.70. The summed E-state index contributed by atoms with van der Waals surface area (Å²) in [6, 6.07) is 12.7. The second-order valence-electron chi connectivity index (χ2n) is 4.28. The normalized spacial score (nSPS) is 10.0. The van der Waals surface area contributed by atoms with Crippen LogP contribution >= 0.6 is 23.2 Å². The van der Waals surface area contributed by atoms with E-state index in [9.17, 15) is 4.79 Å². The van der Waals surface area contributed by atoms with Gasteiger partial charge < -0.3 is 10.1 Å². The van der Waals surface area contributed by atoms with Crippen LogP contribution in [0, 0.1) is 0 Å². The first-order valence-corrected chi connectivity index (χ1v) is 6.97. The Bertz CT molecular complexity index is 630. The van der Waals surface area contributed by atoms with Crippen LogP contribution in [0.2, 0.25) is 10.0 Å². The molecule has 21 heavy (non-hydrogen) atoms. The fraction of sp³-hybridized carbons (Fsp3) is 0.133. The third-order valence-electron chi connectivity index (χ3n) is 2.81. The first kappa shape index (κ1) is 15.5. The molecule has 2 aromatic carbocycles. The highest BCUT2D eigenvalue weighted by atomic mass is 35.5. The molecule has 0 aliphatic carbocycles. The van der Waals surface area contributed by atoms with E-state index in [0.29, 0.717) is 22.3 Å². The van der Waals surface area contributed by atoms with Gasteiger partial charge in [-0.1, -0.05) is 29.3 Å². The van der Waals surface area contributed by atoms with Crippen molar-refractivity contribution >= 4 is 40.7 Å². The molecule has 0 aliphatic heterocycles. The van der Waals surface area contributed by atoms with Crippen molar-refractivity contribution in [2.75, 3.05) is 17.7 Å². The number of carbonyl (C=O) groups is 1. The Hall–Kier alpha value is -1.91. The van der Waals surface area contributed by atoms with E-state index in [4.69, 9.17) is 23.2 Å². The molecule has 0 fully saturated rings. The average molecular weight is 325 g/mol. The summed E-state index contributed by atoms with van der Waals surface area (Å²) in [5.41, 5.74) is 2.53. The molecular formula is C15H14Cl2N2O2. The Morgan fingerprint density at radius 2 is 1.76 bits per heavy atom. The molecule has 6 heteroatoms. The van der Waals surface area contributed by atoms with Gasteiger partial charge in [0.15, 0.2) is 0 Å². The van der Waals surface area contributed by atoms with Gasteiger partial charge in [0.2, 0.25) is 0 Å². The first-order chi connectivity index (χ1) is 10.1. The van der Waals surface area contributed by atoms with E-state index < -0.39 is 6.09 Å². The number of methoxy groups -OCH3 is 1. The summed E-state index contributed by atoms with van der Waals surface area (Å²) in [5, 5.41) is 7.06. The van der Waals surface area contributed by atoms with E-state index in [0.717, 1.165) is 11.3 Å². The standard InChI is InChI=1S/C15H14Cl2N2O2/c1-21-15(20)19-13-6-4-12(5-7-13)18-9-10-2-3-11(16)8-14(10)17/h2-8,18H,9H2,1H3,(H,19,20). The molecule has 2 aromatic rings. The minimum absolute atomic E-state index is 0.497. The van der Waals surface area contributed by atoms with Crippen molar-refractivity contribution in [3.05, 3.63) is 58.1 Å². The third kappa shape index (κ3) is 4.55. The molecule has 110 valence electrons.